The molecule has 3 heteroatoms. The van der Waals surface area contributed by atoms with Gasteiger partial charge in [0.15, 0.2) is 0 Å². The summed E-state index contributed by atoms with van der Waals surface area (Å²) in [5.41, 5.74) is 2.44. The third kappa shape index (κ3) is 4.45. The first-order valence-corrected chi connectivity index (χ1v) is 5.54. The summed E-state index contributed by atoms with van der Waals surface area (Å²) in [4.78, 5) is 10.3. The van der Waals surface area contributed by atoms with Gasteiger partial charge in [-0.15, -0.1) is 0 Å². The monoisotopic (exact) mass is 222 g/mol. The fourth-order valence-electron chi connectivity index (χ4n) is 1.65. The van der Waals surface area contributed by atoms with Crippen molar-refractivity contribution in [2.24, 2.45) is 0 Å². The van der Waals surface area contributed by atoms with Crippen LogP contribution in [0.1, 0.15) is 30.4 Å². The van der Waals surface area contributed by atoms with Gasteiger partial charge in [-0.1, -0.05) is 24.3 Å². The molecule has 1 aromatic rings. The molecule has 0 aliphatic carbocycles. The summed E-state index contributed by atoms with van der Waals surface area (Å²) in [7, 11) is 0. The van der Waals surface area contributed by atoms with Gasteiger partial charge >= 0.3 is 5.97 Å². The SMILES string of the molecule is Cc1ccccc1CCC(O)CCC(=O)O. The lowest BCUT2D eigenvalue weighted by atomic mass is 10.0. The van der Waals surface area contributed by atoms with E-state index in [1.165, 1.54) is 11.1 Å². The van der Waals surface area contributed by atoms with Crippen molar-refractivity contribution >= 4 is 5.97 Å². The molecule has 0 saturated carbocycles. The maximum atomic E-state index is 10.3. The fourth-order valence-corrected chi connectivity index (χ4v) is 1.65. The largest absolute Gasteiger partial charge is 0.481 e. The van der Waals surface area contributed by atoms with E-state index in [-0.39, 0.29) is 6.42 Å². The van der Waals surface area contributed by atoms with E-state index in [1.807, 2.05) is 31.2 Å². The van der Waals surface area contributed by atoms with E-state index in [4.69, 9.17) is 5.11 Å². The molecule has 1 rings (SSSR count). The minimum absolute atomic E-state index is 0.0366. The molecule has 2 N–H and O–H groups in total. The van der Waals surface area contributed by atoms with E-state index < -0.39 is 12.1 Å². The second-order valence-corrected chi connectivity index (χ2v) is 4.05. The molecule has 0 radical (unpaired) electrons. The van der Waals surface area contributed by atoms with Gasteiger partial charge < -0.3 is 10.2 Å². The van der Waals surface area contributed by atoms with Gasteiger partial charge in [-0.05, 0) is 37.3 Å². The molecule has 0 saturated heterocycles. The van der Waals surface area contributed by atoms with Crippen LogP contribution in [0.5, 0.6) is 0 Å². The molecule has 0 aromatic heterocycles. The summed E-state index contributed by atoms with van der Waals surface area (Å²) >= 11 is 0. The molecule has 16 heavy (non-hydrogen) atoms. The van der Waals surface area contributed by atoms with E-state index in [0.29, 0.717) is 12.8 Å². The predicted molar refractivity (Wildman–Crippen MR) is 62.4 cm³/mol. The molecule has 0 amide bonds. The summed E-state index contributed by atoms with van der Waals surface area (Å²) in [6, 6.07) is 8.05. The number of hydrogen-bond donors (Lipinski definition) is 2. The van der Waals surface area contributed by atoms with Crippen LogP contribution in [0.3, 0.4) is 0 Å². The number of hydrogen-bond acceptors (Lipinski definition) is 2. The lowest BCUT2D eigenvalue weighted by molar-refractivity contribution is -0.137. The van der Waals surface area contributed by atoms with Gasteiger partial charge in [0, 0.05) is 6.42 Å². The number of aryl methyl sites for hydroxylation is 2. The zero-order chi connectivity index (χ0) is 12.0. The minimum atomic E-state index is -0.852. The second kappa shape index (κ2) is 6.28. The van der Waals surface area contributed by atoms with Crippen LogP contribution in [0, 0.1) is 6.92 Å². The van der Waals surface area contributed by atoms with Crippen LogP contribution < -0.4 is 0 Å². The van der Waals surface area contributed by atoms with Crippen LogP contribution in [-0.2, 0) is 11.2 Å². The molecule has 0 fully saturated rings. The van der Waals surface area contributed by atoms with Crippen molar-refractivity contribution in [2.75, 3.05) is 0 Å². The Labute approximate surface area is 95.7 Å². The Balaban J connectivity index is 2.34. The Morgan fingerprint density at radius 1 is 1.31 bits per heavy atom. The Hall–Kier alpha value is -1.35. The number of aliphatic hydroxyl groups is 1. The number of rotatable bonds is 6. The van der Waals surface area contributed by atoms with Crippen LogP contribution in [0.4, 0.5) is 0 Å². The van der Waals surface area contributed by atoms with Gasteiger partial charge in [0.2, 0.25) is 0 Å². The van der Waals surface area contributed by atoms with Crippen LogP contribution in [0.15, 0.2) is 24.3 Å². The standard InChI is InChI=1S/C13H18O3/c1-10-4-2-3-5-11(10)6-7-12(14)8-9-13(15)16/h2-5,12,14H,6-9H2,1H3,(H,15,16). The van der Waals surface area contributed by atoms with Crippen molar-refractivity contribution in [3.8, 4) is 0 Å². The predicted octanol–water partition coefficient (Wildman–Crippen LogP) is 2.15. The van der Waals surface area contributed by atoms with Crippen molar-refractivity contribution in [2.45, 2.75) is 38.7 Å². The molecule has 0 spiro atoms. The number of aliphatic hydroxyl groups excluding tert-OH is 1. The maximum absolute atomic E-state index is 10.3. The van der Waals surface area contributed by atoms with Crippen molar-refractivity contribution in [3.63, 3.8) is 0 Å². The fraction of sp³-hybridized carbons (Fsp3) is 0.462. The van der Waals surface area contributed by atoms with Crippen LogP contribution in [0.2, 0.25) is 0 Å². The third-order valence-electron chi connectivity index (χ3n) is 2.70. The van der Waals surface area contributed by atoms with Gasteiger partial charge in [0.25, 0.3) is 0 Å². The highest BCUT2D eigenvalue weighted by atomic mass is 16.4. The lowest BCUT2D eigenvalue weighted by Crippen LogP contribution is -2.10. The molecule has 1 aromatic carbocycles. The van der Waals surface area contributed by atoms with Crippen molar-refractivity contribution in [3.05, 3.63) is 35.4 Å². The van der Waals surface area contributed by atoms with Gasteiger partial charge in [-0.25, -0.2) is 0 Å². The number of benzene rings is 1. The quantitative estimate of drug-likeness (QED) is 0.775. The molecule has 0 bridgehead atoms. The molecule has 88 valence electrons. The second-order valence-electron chi connectivity index (χ2n) is 4.05. The topological polar surface area (TPSA) is 57.5 Å². The number of carboxylic acids is 1. The first-order valence-electron chi connectivity index (χ1n) is 5.54. The zero-order valence-corrected chi connectivity index (χ0v) is 9.52. The van der Waals surface area contributed by atoms with E-state index in [9.17, 15) is 9.90 Å². The number of carbonyl (C=O) groups is 1. The number of aliphatic carboxylic acids is 1. The number of carboxylic acid groups (broad SMARTS) is 1. The van der Waals surface area contributed by atoms with E-state index in [0.717, 1.165) is 6.42 Å². The highest BCUT2D eigenvalue weighted by Crippen LogP contribution is 2.12. The molecule has 0 aliphatic heterocycles. The summed E-state index contributed by atoms with van der Waals surface area (Å²) in [5, 5.41) is 18.1. The van der Waals surface area contributed by atoms with Gasteiger partial charge in [-0.2, -0.15) is 0 Å². The van der Waals surface area contributed by atoms with Crippen molar-refractivity contribution in [1.29, 1.82) is 0 Å². The first-order chi connectivity index (χ1) is 7.59. The highest BCUT2D eigenvalue weighted by Gasteiger charge is 2.08. The first kappa shape index (κ1) is 12.7. The molecular formula is C13H18O3. The summed E-state index contributed by atoms with van der Waals surface area (Å²) in [6.45, 7) is 2.04. The van der Waals surface area contributed by atoms with E-state index >= 15 is 0 Å². The van der Waals surface area contributed by atoms with E-state index in [2.05, 4.69) is 0 Å². The summed E-state index contributed by atoms with van der Waals surface area (Å²) in [5.74, 6) is -0.852. The maximum Gasteiger partial charge on any atom is 0.303 e. The molecule has 0 heterocycles. The molecule has 1 unspecified atom stereocenters. The molecule has 0 aliphatic rings. The smallest absolute Gasteiger partial charge is 0.303 e. The van der Waals surface area contributed by atoms with Crippen LogP contribution in [0.25, 0.3) is 0 Å². The van der Waals surface area contributed by atoms with Crippen LogP contribution >= 0.6 is 0 Å². The van der Waals surface area contributed by atoms with Gasteiger partial charge in [0.1, 0.15) is 0 Å². The lowest BCUT2D eigenvalue weighted by Gasteiger charge is -2.10. The molecule has 1 atom stereocenters. The Bertz CT molecular complexity index is 347. The normalized spacial score (nSPS) is 12.4. The highest BCUT2D eigenvalue weighted by molar-refractivity contribution is 5.66. The zero-order valence-electron chi connectivity index (χ0n) is 9.52. The molecule has 3 nitrogen and oxygen atoms in total. The average molecular weight is 222 g/mol. The van der Waals surface area contributed by atoms with Crippen LogP contribution in [-0.4, -0.2) is 22.3 Å². The Kier molecular flexibility index (Phi) is 4.99. The molecular weight excluding hydrogens is 204 g/mol. The Morgan fingerprint density at radius 2 is 2.00 bits per heavy atom. The van der Waals surface area contributed by atoms with E-state index in [1.54, 1.807) is 0 Å². The summed E-state index contributed by atoms with van der Waals surface area (Å²) in [6.07, 6.45) is 1.28. The van der Waals surface area contributed by atoms with Crippen molar-refractivity contribution in [1.82, 2.24) is 0 Å². The average Bonchev–Trinajstić information content (AvgIpc) is 2.25. The van der Waals surface area contributed by atoms with Gasteiger partial charge in [0.05, 0.1) is 6.10 Å². The summed E-state index contributed by atoms with van der Waals surface area (Å²) < 4.78 is 0. The third-order valence-corrected chi connectivity index (χ3v) is 2.70. The Morgan fingerprint density at radius 3 is 2.62 bits per heavy atom. The van der Waals surface area contributed by atoms with Crippen molar-refractivity contribution < 1.29 is 15.0 Å². The minimum Gasteiger partial charge on any atom is -0.481 e. The van der Waals surface area contributed by atoms with Gasteiger partial charge in [-0.3, -0.25) is 4.79 Å².